The molecule has 106 valence electrons. The Balaban J connectivity index is 2.41. The number of aromatic nitrogens is 1. The number of nitriles is 1. The van der Waals surface area contributed by atoms with Gasteiger partial charge in [0.2, 0.25) is 0 Å². The van der Waals surface area contributed by atoms with E-state index in [1.54, 1.807) is 36.2 Å². The fraction of sp³-hybridized carbons (Fsp3) is 0.133. The van der Waals surface area contributed by atoms with E-state index in [2.05, 4.69) is 15.8 Å². The summed E-state index contributed by atoms with van der Waals surface area (Å²) in [5.74, 6) is -0.0630. The van der Waals surface area contributed by atoms with Crippen LogP contribution in [0.15, 0.2) is 36.5 Å². The summed E-state index contributed by atoms with van der Waals surface area (Å²) in [6.45, 7) is 0. The molecule has 0 unspecified atom stereocenters. The van der Waals surface area contributed by atoms with Crippen LogP contribution in [0.25, 0.3) is 0 Å². The third-order valence-electron chi connectivity index (χ3n) is 3.08. The highest BCUT2D eigenvalue weighted by Crippen LogP contribution is 2.29. The van der Waals surface area contributed by atoms with E-state index in [9.17, 15) is 4.79 Å². The number of rotatable bonds is 3. The van der Waals surface area contributed by atoms with Crippen molar-refractivity contribution in [3.05, 3.63) is 47.7 Å². The number of hydrogen-bond donors (Lipinski definition) is 1. The molecule has 0 aliphatic rings. The summed E-state index contributed by atoms with van der Waals surface area (Å²) < 4.78 is 4.69. The zero-order chi connectivity index (χ0) is 15.4. The van der Waals surface area contributed by atoms with Gasteiger partial charge in [0.05, 0.1) is 30.0 Å². The van der Waals surface area contributed by atoms with E-state index >= 15 is 0 Å². The molecule has 0 bridgehead atoms. The largest absolute Gasteiger partial charge is 0.465 e. The average Bonchev–Trinajstić information content (AvgIpc) is 2.54. The maximum absolute atomic E-state index is 11.6. The predicted molar refractivity (Wildman–Crippen MR) is 79.2 cm³/mol. The van der Waals surface area contributed by atoms with Crippen molar-refractivity contribution in [1.82, 2.24) is 4.98 Å². The lowest BCUT2D eigenvalue weighted by molar-refractivity contribution is 0.0602. The zero-order valence-corrected chi connectivity index (χ0v) is 11.7. The van der Waals surface area contributed by atoms with Gasteiger partial charge in [0, 0.05) is 18.9 Å². The molecule has 0 amide bonds. The van der Waals surface area contributed by atoms with Crippen LogP contribution < -0.4 is 10.6 Å². The Morgan fingerprint density at radius 2 is 2.00 bits per heavy atom. The minimum Gasteiger partial charge on any atom is -0.465 e. The number of carbonyl (C=O) groups excluding carboxylic acids is 1. The molecule has 2 aromatic rings. The van der Waals surface area contributed by atoms with E-state index in [0.717, 1.165) is 5.69 Å². The van der Waals surface area contributed by atoms with Gasteiger partial charge in [-0.1, -0.05) is 0 Å². The molecule has 2 N–H and O–H groups in total. The average molecular weight is 282 g/mol. The quantitative estimate of drug-likeness (QED) is 0.866. The van der Waals surface area contributed by atoms with Gasteiger partial charge in [-0.05, 0) is 30.3 Å². The fourth-order valence-electron chi connectivity index (χ4n) is 1.90. The first-order valence-electron chi connectivity index (χ1n) is 6.15. The molecule has 2 rings (SSSR count). The van der Waals surface area contributed by atoms with Crippen molar-refractivity contribution in [3.63, 3.8) is 0 Å². The summed E-state index contributed by atoms with van der Waals surface area (Å²) >= 11 is 0. The summed E-state index contributed by atoms with van der Waals surface area (Å²) in [6.07, 6.45) is 1.50. The number of pyridine rings is 1. The number of nitrogen functional groups attached to an aromatic ring is 1. The summed E-state index contributed by atoms with van der Waals surface area (Å²) in [4.78, 5) is 17.6. The third kappa shape index (κ3) is 2.77. The lowest BCUT2D eigenvalue weighted by Crippen LogP contribution is -2.16. The molecular formula is C15H14N4O2. The number of benzene rings is 1. The maximum Gasteiger partial charge on any atom is 0.340 e. The highest BCUT2D eigenvalue weighted by molar-refractivity contribution is 5.98. The van der Waals surface area contributed by atoms with Crippen molar-refractivity contribution in [2.45, 2.75) is 0 Å². The number of esters is 1. The van der Waals surface area contributed by atoms with Crippen LogP contribution in [0.5, 0.6) is 0 Å². The number of anilines is 3. The van der Waals surface area contributed by atoms with Crippen LogP contribution in [-0.4, -0.2) is 25.1 Å². The van der Waals surface area contributed by atoms with Crippen LogP contribution in [0, 0.1) is 11.3 Å². The van der Waals surface area contributed by atoms with Crippen LogP contribution in [0.1, 0.15) is 15.9 Å². The molecule has 1 aromatic heterocycles. The summed E-state index contributed by atoms with van der Waals surface area (Å²) in [5.41, 5.74) is 7.88. The smallest absolute Gasteiger partial charge is 0.340 e. The highest BCUT2D eigenvalue weighted by atomic mass is 16.5. The van der Waals surface area contributed by atoms with Crippen molar-refractivity contribution in [1.29, 1.82) is 5.26 Å². The molecule has 0 saturated carbocycles. The lowest BCUT2D eigenvalue weighted by atomic mass is 10.2. The van der Waals surface area contributed by atoms with Crippen LogP contribution in [0.4, 0.5) is 17.2 Å². The van der Waals surface area contributed by atoms with E-state index in [1.807, 2.05) is 0 Å². The first-order valence-corrected chi connectivity index (χ1v) is 6.15. The Morgan fingerprint density at radius 3 is 2.57 bits per heavy atom. The third-order valence-corrected chi connectivity index (χ3v) is 3.08. The molecule has 1 aromatic carbocycles. The van der Waals surface area contributed by atoms with E-state index in [-0.39, 0.29) is 11.3 Å². The van der Waals surface area contributed by atoms with Crippen LogP contribution >= 0.6 is 0 Å². The van der Waals surface area contributed by atoms with Crippen molar-refractivity contribution in [2.24, 2.45) is 0 Å². The van der Waals surface area contributed by atoms with Crippen molar-refractivity contribution < 1.29 is 9.53 Å². The number of nitrogens with two attached hydrogens (primary N) is 1. The molecule has 0 aliphatic heterocycles. The Morgan fingerprint density at radius 1 is 1.33 bits per heavy atom. The Labute approximate surface area is 122 Å². The van der Waals surface area contributed by atoms with Gasteiger partial charge in [-0.2, -0.15) is 5.26 Å². The maximum atomic E-state index is 11.6. The Hall–Kier alpha value is -3.07. The minimum atomic E-state index is -0.510. The molecule has 6 heteroatoms. The van der Waals surface area contributed by atoms with Crippen molar-refractivity contribution in [2.75, 3.05) is 24.8 Å². The van der Waals surface area contributed by atoms with E-state index in [0.29, 0.717) is 11.4 Å². The second-order valence-electron chi connectivity index (χ2n) is 4.31. The Bertz CT molecular complexity index is 705. The molecule has 0 saturated heterocycles. The van der Waals surface area contributed by atoms with Gasteiger partial charge in [0.25, 0.3) is 0 Å². The highest BCUT2D eigenvalue weighted by Gasteiger charge is 2.17. The molecule has 0 radical (unpaired) electrons. The van der Waals surface area contributed by atoms with Crippen molar-refractivity contribution in [3.8, 4) is 6.07 Å². The first-order chi connectivity index (χ1) is 10.1. The van der Waals surface area contributed by atoms with Crippen LogP contribution in [-0.2, 0) is 4.74 Å². The minimum absolute atomic E-state index is 0.246. The van der Waals surface area contributed by atoms with Gasteiger partial charge in [0.1, 0.15) is 0 Å². The number of methoxy groups -OCH3 is 1. The van der Waals surface area contributed by atoms with E-state index < -0.39 is 5.97 Å². The molecule has 0 fully saturated rings. The standard InChI is InChI=1S/C15H14N4O2/c1-19(11-5-3-10(9-16)4-6-11)14-13(17)12(7-8-18-14)15(20)21-2/h3-8H,17H2,1-2H3. The van der Waals surface area contributed by atoms with Crippen molar-refractivity contribution >= 4 is 23.2 Å². The molecule has 0 aliphatic carbocycles. The van der Waals surface area contributed by atoms with Gasteiger partial charge >= 0.3 is 5.97 Å². The van der Waals surface area contributed by atoms with Gasteiger partial charge in [0.15, 0.2) is 5.82 Å². The normalized spacial score (nSPS) is 9.76. The zero-order valence-electron chi connectivity index (χ0n) is 11.7. The fourth-order valence-corrected chi connectivity index (χ4v) is 1.90. The second-order valence-corrected chi connectivity index (χ2v) is 4.31. The SMILES string of the molecule is COC(=O)c1ccnc(N(C)c2ccc(C#N)cc2)c1N. The number of nitrogens with zero attached hydrogens (tertiary/aromatic N) is 3. The van der Waals surface area contributed by atoms with E-state index in [1.165, 1.54) is 19.4 Å². The van der Waals surface area contributed by atoms with Gasteiger partial charge in [-0.3, -0.25) is 0 Å². The number of hydrogen-bond acceptors (Lipinski definition) is 6. The van der Waals surface area contributed by atoms with Crippen LogP contribution in [0.2, 0.25) is 0 Å². The molecule has 0 spiro atoms. The van der Waals surface area contributed by atoms with Crippen LogP contribution in [0.3, 0.4) is 0 Å². The number of carbonyl (C=O) groups is 1. The molecule has 0 atom stereocenters. The monoisotopic (exact) mass is 282 g/mol. The Kier molecular flexibility index (Phi) is 4.05. The topological polar surface area (TPSA) is 92.2 Å². The summed E-state index contributed by atoms with van der Waals surface area (Å²) in [6, 6.07) is 10.5. The molecule has 6 nitrogen and oxygen atoms in total. The van der Waals surface area contributed by atoms with Gasteiger partial charge in [-0.15, -0.1) is 0 Å². The van der Waals surface area contributed by atoms with Gasteiger partial charge in [-0.25, -0.2) is 9.78 Å². The first kappa shape index (κ1) is 14.3. The summed E-state index contributed by atoms with van der Waals surface area (Å²) in [7, 11) is 3.08. The second kappa shape index (κ2) is 5.92. The predicted octanol–water partition coefficient (Wildman–Crippen LogP) is 2.09. The molecule has 21 heavy (non-hydrogen) atoms. The molecular weight excluding hydrogens is 268 g/mol. The number of ether oxygens (including phenoxy) is 1. The molecule has 1 heterocycles. The van der Waals surface area contributed by atoms with Gasteiger partial charge < -0.3 is 15.4 Å². The lowest BCUT2D eigenvalue weighted by Gasteiger charge is -2.20. The summed E-state index contributed by atoms with van der Waals surface area (Å²) in [5, 5.41) is 8.81. The van der Waals surface area contributed by atoms with E-state index in [4.69, 9.17) is 11.0 Å².